The van der Waals surface area contributed by atoms with E-state index >= 15 is 0 Å². The lowest BCUT2D eigenvalue weighted by molar-refractivity contribution is 0.0889. The maximum absolute atomic E-state index is 12.0. The fourth-order valence-corrected chi connectivity index (χ4v) is 3.62. The monoisotopic (exact) mass is 277 g/mol. The summed E-state index contributed by atoms with van der Waals surface area (Å²) in [5.41, 5.74) is 5.47. The van der Waals surface area contributed by atoms with E-state index in [9.17, 15) is 4.79 Å². The van der Waals surface area contributed by atoms with Gasteiger partial charge in [0.05, 0.1) is 6.54 Å². The van der Waals surface area contributed by atoms with Crippen LogP contribution in [0.4, 0.5) is 0 Å². The van der Waals surface area contributed by atoms with Crippen molar-refractivity contribution in [3.05, 3.63) is 23.7 Å². The molecular weight excluding hydrogens is 254 g/mol. The molecule has 1 aromatic rings. The van der Waals surface area contributed by atoms with Gasteiger partial charge in [-0.2, -0.15) is 0 Å². The van der Waals surface area contributed by atoms with Crippen molar-refractivity contribution in [2.24, 2.45) is 11.7 Å². The van der Waals surface area contributed by atoms with Crippen molar-refractivity contribution >= 4 is 5.91 Å². The molecule has 2 unspecified atom stereocenters. The Hall–Kier alpha value is -1.33. The van der Waals surface area contributed by atoms with Gasteiger partial charge in [0.15, 0.2) is 5.76 Å². The molecule has 0 radical (unpaired) electrons. The van der Waals surface area contributed by atoms with E-state index in [-0.39, 0.29) is 5.91 Å². The zero-order valence-electron chi connectivity index (χ0n) is 12.0. The molecule has 0 aromatic carbocycles. The summed E-state index contributed by atoms with van der Waals surface area (Å²) in [5, 5.41) is 3.00. The largest absolute Gasteiger partial charge is 0.455 e. The van der Waals surface area contributed by atoms with E-state index < -0.39 is 0 Å². The molecule has 2 aliphatic rings. The first-order valence-corrected chi connectivity index (χ1v) is 7.46. The lowest BCUT2D eigenvalue weighted by Crippen LogP contribution is -2.43. The van der Waals surface area contributed by atoms with Crippen LogP contribution in [0.5, 0.6) is 0 Å². The molecule has 5 heteroatoms. The van der Waals surface area contributed by atoms with Crippen molar-refractivity contribution in [1.82, 2.24) is 10.2 Å². The van der Waals surface area contributed by atoms with Gasteiger partial charge in [-0.1, -0.05) is 0 Å². The Bertz CT molecular complexity index is 471. The number of nitrogens with two attached hydrogens (primary N) is 1. The number of piperidine rings is 1. The molecule has 0 saturated carbocycles. The summed E-state index contributed by atoms with van der Waals surface area (Å²) in [4.78, 5) is 14.5. The van der Waals surface area contributed by atoms with Gasteiger partial charge in [0.2, 0.25) is 0 Å². The quantitative estimate of drug-likeness (QED) is 0.871. The topological polar surface area (TPSA) is 71.5 Å². The fourth-order valence-electron chi connectivity index (χ4n) is 3.62. The molecule has 110 valence electrons. The van der Waals surface area contributed by atoms with Crippen LogP contribution in [0.25, 0.3) is 0 Å². The Labute approximate surface area is 119 Å². The van der Waals surface area contributed by atoms with Crippen molar-refractivity contribution in [1.29, 1.82) is 0 Å². The predicted octanol–water partition coefficient (Wildman–Crippen LogP) is 1.34. The summed E-state index contributed by atoms with van der Waals surface area (Å²) in [6.45, 7) is 1.07. The van der Waals surface area contributed by atoms with Crippen molar-refractivity contribution in [2.45, 2.75) is 44.3 Å². The van der Waals surface area contributed by atoms with Gasteiger partial charge in [-0.25, -0.2) is 0 Å². The normalized spacial score (nSPS) is 29.6. The number of furan rings is 1. The number of nitrogens with one attached hydrogen (secondary N) is 1. The minimum Gasteiger partial charge on any atom is -0.455 e. The molecule has 0 aliphatic carbocycles. The number of fused-ring (bicyclic) bond motifs is 2. The summed E-state index contributed by atoms with van der Waals surface area (Å²) in [5.74, 6) is 1.47. The Kier molecular flexibility index (Phi) is 3.81. The minimum atomic E-state index is -0.129. The van der Waals surface area contributed by atoms with Crippen LogP contribution in [0.1, 0.15) is 42.0 Å². The first kappa shape index (κ1) is 13.6. The van der Waals surface area contributed by atoms with Crippen LogP contribution in [-0.2, 0) is 6.54 Å². The van der Waals surface area contributed by atoms with Crippen molar-refractivity contribution in [3.8, 4) is 0 Å². The van der Waals surface area contributed by atoms with E-state index in [2.05, 4.69) is 17.3 Å². The zero-order chi connectivity index (χ0) is 14.1. The molecule has 3 rings (SSSR count). The third-order valence-electron chi connectivity index (χ3n) is 4.83. The second kappa shape index (κ2) is 5.58. The number of carbonyl (C=O) groups is 1. The number of nitrogens with zero attached hydrogens (tertiary/aromatic N) is 1. The maximum Gasteiger partial charge on any atom is 0.287 e. The van der Waals surface area contributed by atoms with Crippen LogP contribution in [0.3, 0.4) is 0 Å². The third-order valence-corrected chi connectivity index (χ3v) is 4.83. The van der Waals surface area contributed by atoms with Crippen LogP contribution in [-0.4, -0.2) is 36.5 Å². The Morgan fingerprint density at radius 2 is 2.10 bits per heavy atom. The molecular formula is C15H23N3O2. The SMILES string of the molecule is CN1C2CCC1CC(CNC(=O)c1ccc(CN)o1)C2. The van der Waals surface area contributed by atoms with E-state index in [0.717, 1.165) is 6.54 Å². The maximum atomic E-state index is 12.0. The molecule has 1 amide bonds. The summed E-state index contributed by atoms with van der Waals surface area (Å²) in [6, 6.07) is 4.87. The van der Waals surface area contributed by atoms with E-state index in [0.29, 0.717) is 36.1 Å². The molecule has 2 saturated heterocycles. The Morgan fingerprint density at radius 1 is 1.40 bits per heavy atom. The van der Waals surface area contributed by atoms with Crippen LogP contribution >= 0.6 is 0 Å². The minimum absolute atomic E-state index is 0.129. The van der Waals surface area contributed by atoms with E-state index in [1.165, 1.54) is 25.7 Å². The number of rotatable bonds is 4. The van der Waals surface area contributed by atoms with Gasteiger partial charge in [0.1, 0.15) is 5.76 Å². The molecule has 2 atom stereocenters. The number of hydrogen-bond acceptors (Lipinski definition) is 4. The average Bonchev–Trinajstić information content (AvgIpc) is 2.99. The van der Waals surface area contributed by atoms with E-state index in [1.807, 2.05) is 0 Å². The highest BCUT2D eigenvalue weighted by molar-refractivity contribution is 5.91. The Morgan fingerprint density at radius 3 is 2.70 bits per heavy atom. The summed E-state index contributed by atoms with van der Waals surface area (Å²) in [6.07, 6.45) is 5.01. The third kappa shape index (κ3) is 2.60. The number of carbonyl (C=O) groups excluding carboxylic acids is 1. The number of hydrogen-bond donors (Lipinski definition) is 2. The molecule has 2 fully saturated rings. The Balaban J connectivity index is 1.51. The van der Waals surface area contributed by atoms with Crippen LogP contribution < -0.4 is 11.1 Å². The van der Waals surface area contributed by atoms with Gasteiger partial charge in [-0.15, -0.1) is 0 Å². The first-order valence-electron chi connectivity index (χ1n) is 7.46. The molecule has 0 spiro atoms. The van der Waals surface area contributed by atoms with Gasteiger partial charge in [0.25, 0.3) is 5.91 Å². The van der Waals surface area contributed by atoms with Gasteiger partial charge >= 0.3 is 0 Å². The highest BCUT2D eigenvalue weighted by atomic mass is 16.4. The van der Waals surface area contributed by atoms with Crippen molar-refractivity contribution < 1.29 is 9.21 Å². The molecule has 3 heterocycles. The summed E-state index contributed by atoms with van der Waals surface area (Å²) in [7, 11) is 2.23. The fraction of sp³-hybridized carbons (Fsp3) is 0.667. The zero-order valence-corrected chi connectivity index (χ0v) is 12.0. The molecule has 2 bridgehead atoms. The van der Waals surface area contributed by atoms with Gasteiger partial charge < -0.3 is 20.4 Å². The predicted molar refractivity (Wildman–Crippen MR) is 76.2 cm³/mol. The highest BCUT2D eigenvalue weighted by Crippen LogP contribution is 2.37. The lowest BCUT2D eigenvalue weighted by Gasteiger charge is -2.36. The molecule has 1 aromatic heterocycles. The van der Waals surface area contributed by atoms with Crippen molar-refractivity contribution in [3.63, 3.8) is 0 Å². The molecule has 5 nitrogen and oxygen atoms in total. The van der Waals surface area contributed by atoms with E-state index in [4.69, 9.17) is 10.2 Å². The molecule has 2 aliphatic heterocycles. The van der Waals surface area contributed by atoms with Crippen LogP contribution in [0.2, 0.25) is 0 Å². The lowest BCUT2D eigenvalue weighted by atomic mass is 9.91. The van der Waals surface area contributed by atoms with Gasteiger partial charge in [-0.05, 0) is 50.8 Å². The average molecular weight is 277 g/mol. The van der Waals surface area contributed by atoms with Crippen LogP contribution in [0, 0.1) is 5.92 Å². The standard InChI is InChI=1S/C15H23N3O2/c1-18-11-2-3-12(18)7-10(6-11)9-17-15(19)14-5-4-13(8-16)20-14/h4-5,10-12H,2-3,6-9,16H2,1H3,(H,17,19). The first-order chi connectivity index (χ1) is 9.67. The highest BCUT2D eigenvalue weighted by Gasteiger charge is 2.38. The number of amides is 1. The summed E-state index contributed by atoms with van der Waals surface area (Å²) < 4.78 is 5.36. The smallest absolute Gasteiger partial charge is 0.287 e. The second-order valence-electron chi connectivity index (χ2n) is 6.07. The van der Waals surface area contributed by atoms with Crippen LogP contribution in [0.15, 0.2) is 16.5 Å². The molecule has 3 N–H and O–H groups in total. The molecule has 20 heavy (non-hydrogen) atoms. The van der Waals surface area contributed by atoms with Gasteiger partial charge in [0, 0.05) is 18.6 Å². The van der Waals surface area contributed by atoms with Crippen molar-refractivity contribution in [2.75, 3.05) is 13.6 Å². The van der Waals surface area contributed by atoms with E-state index in [1.54, 1.807) is 12.1 Å². The summed E-state index contributed by atoms with van der Waals surface area (Å²) >= 11 is 0. The second-order valence-corrected chi connectivity index (χ2v) is 6.07. The van der Waals surface area contributed by atoms with Gasteiger partial charge in [-0.3, -0.25) is 4.79 Å².